The fourth-order valence-electron chi connectivity index (χ4n) is 1.48. The molecule has 13 heavy (non-hydrogen) atoms. The van der Waals surface area contributed by atoms with Crippen molar-refractivity contribution in [2.75, 3.05) is 0 Å². The predicted octanol–water partition coefficient (Wildman–Crippen LogP) is 2.90. The van der Waals surface area contributed by atoms with Crippen LogP contribution in [-0.2, 0) is 12.8 Å². The third kappa shape index (κ3) is 3.12. The maximum absolute atomic E-state index is 5.78. The second kappa shape index (κ2) is 4.77. The SMILES string of the molecule is CCc1ccc(Br)cc1C[C@H](C)N. The van der Waals surface area contributed by atoms with Gasteiger partial charge in [0.25, 0.3) is 0 Å². The molecule has 0 heterocycles. The first-order valence-corrected chi connectivity index (χ1v) is 5.45. The van der Waals surface area contributed by atoms with E-state index < -0.39 is 0 Å². The minimum atomic E-state index is 0.236. The summed E-state index contributed by atoms with van der Waals surface area (Å²) in [6.45, 7) is 4.22. The first-order chi connectivity index (χ1) is 6.13. The van der Waals surface area contributed by atoms with Gasteiger partial charge in [-0.2, -0.15) is 0 Å². The molecule has 0 radical (unpaired) electrons. The quantitative estimate of drug-likeness (QED) is 0.866. The van der Waals surface area contributed by atoms with E-state index in [0.29, 0.717) is 0 Å². The average Bonchev–Trinajstić information content (AvgIpc) is 2.03. The van der Waals surface area contributed by atoms with Gasteiger partial charge in [-0.05, 0) is 43.0 Å². The van der Waals surface area contributed by atoms with Crippen LogP contribution >= 0.6 is 15.9 Å². The van der Waals surface area contributed by atoms with Crippen LogP contribution < -0.4 is 5.73 Å². The number of halogens is 1. The Morgan fingerprint density at radius 3 is 2.62 bits per heavy atom. The van der Waals surface area contributed by atoms with E-state index in [-0.39, 0.29) is 6.04 Å². The third-order valence-electron chi connectivity index (χ3n) is 2.09. The first kappa shape index (κ1) is 10.7. The number of aryl methyl sites for hydroxylation is 1. The second-order valence-corrected chi connectivity index (χ2v) is 4.36. The third-order valence-corrected chi connectivity index (χ3v) is 2.58. The van der Waals surface area contributed by atoms with Crippen LogP contribution in [0.5, 0.6) is 0 Å². The summed E-state index contributed by atoms with van der Waals surface area (Å²) in [5.74, 6) is 0. The number of nitrogens with two attached hydrogens (primary N) is 1. The largest absolute Gasteiger partial charge is 0.328 e. The molecule has 1 rings (SSSR count). The van der Waals surface area contributed by atoms with E-state index >= 15 is 0 Å². The molecule has 0 aliphatic carbocycles. The molecule has 0 aliphatic rings. The Labute approximate surface area is 88.5 Å². The van der Waals surface area contributed by atoms with Gasteiger partial charge in [0.05, 0.1) is 0 Å². The maximum atomic E-state index is 5.78. The number of hydrogen-bond acceptors (Lipinski definition) is 1. The van der Waals surface area contributed by atoms with Crippen LogP contribution in [0.4, 0.5) is 0 Å². The summed E-state index contributed by atoms with van der Waals surface area (Å²) in [4.78, 5) is 0. The molecule has 1 nitrogen and oxygen atoms in total. The van der Waals surface area contributed by atoms with Crippen LogP contribution in [0.25, 0.3) is 0 Å². The van der Waals surface area contributed by atoms with Crippen molar-refractivity contribution in [3.05, 3.63) is 33.8 Å². The Balaban J connectivity index is 2.94. The van der Waals surface area contributed by atoms with Gasteiger partial charge in [-0.15, -0.1) is 0 Å². The summed E-state index contributed by atoms with van der Waals surface area (Å²) in [7, 11) is 0. The van der Waals surface area contributed by atoms with Crippen molar-refractivity contribution in [2.45, 2.75) is 32.7 Å². The summed E-state index contributed by atoms with van der Waals surface area (Å²) in [5, 5.41) is 0. The van der Waals surface area contributed by atoms with Gasteiger partial charge in [-0.25, -0.2) is 0 Å². The van der Waals surface area contributed by atoms with Gasteiger partial charge in [0, 0.05) is 10.5 Å². The summed E-state index contributed by atoms with van der Waals surface area (Å²) in [5.41, 5.74) is 8.55. The summed E-state index contributed by atoms with van der Waals surface area (Å²) in [6.07, 6.45) is 2.04. The molecule has 72 valence electrons. The number of benzene rings is 1. The molecule has 1 aromatic carbocycles. The molecule has 0 saturated carbocycles. The van der Waals surface area contributed by atoms with Crippen LogP contribution in [0.1, 0.15) is 25.0 Å². The first-order valence-electron chi connectivity index (χ1n) is 4.66. The summed E-state index contributed by atoms with van der Waals surface area (Å²) < 4.78 is 1.14. The highest BCUT2D eigenvalue weighted by atomic mass is 79.9. The van der Waals surface area contributed by atoms with E-state index in [9.17, 15) is 0 Å². The molecule has 0 amide bonds. The summed E-state index contributed by atoms with van der Waals surface area (Å²) in [6, 6.07) is 6.66. The minimum Gasteiger partial charge on any atom is -0.328 e. The van der Waals surface area contributed by atoms with Gasteiger partial charge < -0.3 is 5.73 Å². The molecule has 1 atom stereocenters. The van der Waals surface area contributed by atoms with E-state index in [1.165, 1.54) is 11.1 Å². The van der Waals surface area contributed by atoms with E-state index in [4.69, 9.17) is 5.73 Å². The molecule has 2 heteroatoms. The molecule has 1 aromatic rings. The normalized spacial score (nSPS) is 12.9. The highest BCUT2D eigenvalue weighted by Crippen LogP contribution is 2.18. The molecule has 0 unspecified atom stereocenters. The minimum absolute atomic E-state index is 0.236. The Hall–Kier alpha value is -0.340. The van der Waals surface area contributed by atoms with Gasteiger partial charge in [-0.1, -0.05) is 28.9 Å². The lowest BCUT2D eigenvalue weighted by atomic mass is 10.00. The molecule has 0 saturated heterocycles. The molecule has 0 aliphatic heterocycles. The highest BCUT2D eigenvalue weighted by molar-refractivity contribution is 9.10. The Bertz CT molecular complexity index is 281. The summed E-state index contributed by atoms with van der Waals surface area (Å²) >= 11 is 3.47. The molecule has 0 fully saturated rings. The van der Waals surface area contributed by atoms with Crippen LogP contribution in [0.3, 0.4) is 0 Å². The van der Waals surface area contributed by atoms with E-state index in [1.54, 1.807) is 0 Å². The zero-order chi connectivity index (χ0) is 9.84. The van der Waals surface area contributed by atoms with Crippen molar-refractivity contribution in [3.63, 3.8) is 0 Å². The number of hydrogen-bond donors (Lipinski definition) is 1. The van der Waals surface area contributed by atoms with Gasteiger partial charge in [-0.3, -0.25) is 0 Å². The van der Waals surface area contributed by atoms with Crippen LogP contribution in [-0.4, -0.2) is 6.04 Å². The van der Waals surface area contributed by atoms with Crippen LogP contribution in [0.15, 0.2) is 22.7 Å². The smallest absolute Gasteiger partial charge is 0.0178 e. The van der Waals surface area contributed by atoms with Crippen LogP contribution in [0, 0.1) is 0 Å². The zero-order valence-electron chi connectivity index (χ0n) is 8.18. The van der Waals surface area contributed by atoms with Gasteiger partial charge in [0.15, 0.2) is 0 Å². The Morgan fingerprint density at radius 2 is 2.08 bits per heavy atom. The van der Waals surface area contributed by atoms with Crippen molar-refractivity contribution in [3.8, 4) is 0 Å². The predicted molar refractivity (Wildman–Crippen MR) is 60.9 cm³/mol. The van der Waals surface area contributed by atoms with Gasteiger partial charge >= 0.3 is 0 Å². The molecular weight excluding hydrogens is 226 g/mol. The average molecular weight is 242 g/mol. The number of rotatable bonds is 3. The van der Waals surface area contributed by atoms with Crippen LogP contribution in [0.2, 0.25) is 0 Å². The van der Waals surface area contributed by atoms with E-state index in [0.717, 1.165) is 17.3 Å². The fourth-order valence-corrected chi connectivity index (χ4v) is 1.88. The van der Waals surface area contributed by atoms with Crippen molar-refractivity contribution in [1.29, 1.82) is 0 Å². The topological polar surface area (TPSA) is 26.0 Å². The molecular formula is C11H16BrN. The maximum Gasteiger partial charge on any atom is 0.0178 e. The lowest BCUT2D eigenvalue weighted by Gasteiger charge is -2.10. The standard InChI is InChI=1S/C11H16BrN/c1-3-9-4-5-11(12)7-10(9)6-8(2)13/h4-5,7-8H,3,6,13H2,1-2H3/t8-/m0/s1. The second-order valence-electron chi connectivity index (χ2n) is 3.45. The van der Waals surface area contributed by atoms with Crippen molar-refractivity contribution < 1.29 is 0 Å². The van der Waals surface area contributed by atoms with E-state index in [1.807, 2.05) is 6.92 Å². The molecule has 0 spiro atoms. The highest BCUT2D eigenvalue weighted by Gasteiger charge is 2.03. The lowest BCUT2D eigenvalue weighted by Crippen LogP contribution is -2.18. The van der Waals surface area contributed by atoms with Gasteiger partial charge in [0.1, 0.15) is 0 Å². The van der Waals surface area contributed by atoms with Gasteiger partial charge in [0.2, 0.25) is 0 Å². The zero-order valence-corrected chi connectivity index (χ0v) is 9.76. The monoisotopic (exact) mass is 241 g/mol. The molecule has 2 N–H and O–H groups in total. The lowest BCUT2D eigenvalue weighted by molar-refractivity contribution is 0.731. The molecule has 0 aromatic heterocycles. The van der Waals surface area contributed by atoms with E-state index in [2.05, 4.69) is 41.1 Å². The Kier molecular flexibility index (Phi) is 3.94. The van der Waals surface area contributed by atoms with Crippen molar-refractivity contribution in [2.24, 2.45) is 5.73 Å². The van der Waals surface area contributed by atoms with Crippen molar-refractivity contribution >= 4 is 15.9 Å². The Morgan fingerprint density at radius 1 is 1.38 bits per heavy atom. The fraction of sp³-hybridized carbons (Fsp3) is 0.455. The molecule has 0 bridgehead atoms. The van der Waals surface area contributed by atoms with Crippen molar-refractivity contribution in [1.82, 2.24) is 0 Å².